The van der Waals surface area contributed by atoms with Gasteiger partial charge in [-0.3, -0.25) is 19.1 Å². The first-order valence-electron chi connectivity index (χ1n) is 8.87. The van der Waals surface area contributed by atoms with Crippen molar-refractivity contribution >= 4 is 23.3 Å². The number of aromatic nitrogens is 2. The van der Waals surface area contributed by atoms with Gasteiger partial charge in [-0.1, -0.05) is 6.42 Å². The Morgan fingerprint density at radius 2 is 1.88 bits per heavy atom. The van der Waals surface area contributed by atoms with Gasteiger partial charge in [0, 0.05) is 18.9 Å². The van der Waals surface area contributed by atoms with E-state index in [1.165, 1.54) is 0 Å². The number of amides is 1. The van der Waals surface area contributed by atoms with Gasteiger partial charge in [-0.05, 0) is 39.5 Å². The smallest absolute Gasteiger partial charge is 0.309 e. The summed E-state index contributed by atoms with van der Waals surface area (Å²) in [6.45, 7) is 3.36. The Balaban J connectivity index is 1.52. The van der Waals surface area contributed by atoms with Crippen LogP contribution in [0.4, 0.5) is 5.69 Å². The molecule has 1 unspecified atom stereocenters. The monoisotopic (exact) mass is 347 g/mol. The lowest BCUT2D eigenvalue weighted by Gasteiger charge is -2.36. The highest BCUT2D eigenvalue weighted by atomic mass is 16.5. The Bertz CT molecular complexity index is 693. The van der Waals surface area contributed by atoms with Gasteiger partial charge in [0.2, 0.25) is 0 Å². The highest BCUT2D eigenvalue weighted by Gasteiger charge is 2.41. The summed E-state index contributed by atoms with van der Waals surface area (Å²) in [5, 5.41) is 6.99. The molecule has 0 aliphatic heterocycles. The molecule has 25 heavy (non-hydrogen) atoms. The van der Waals surface area contributed by atoms with E-state index >= 15 is 0 Å². The molecular formula is C18H25N3O4. The number of aryl methyl sites for hydroxylation is 2. The second kappa shape index (κ2) is 6.98. The van der Waals surface area contributed by atoms with Crippen molar-refractivity contribution in [3.8, 4) is 0 Å². The topological polar surface area (TPSA) is 90.3 Å². The Hall–Kier alpha value is -2.18. The van der Waals surface area contributed by atoms with Crippen LogP contribution in [-0.4, -0.2) is 34.0 Å². The molecule has 1 aromatic heterocycles. The Morgan fingerprint density at radius 1 is 1.24 bits per heavy atom. The molecular weight excluding hydrogens is 322 g/mol. The third-order valence-electron chi connectivity index (χ3n) is 5.50. The van der Waals surface area contributed by atoms with E-state index in [2.05, 4.69) is 10.4 Å². The summed E-state index contributed by atoms with van der Waals surface area (Å²) >= 11 is 0. The molecule has 0 spiro atoms. The number of nitrogens with one attached hydrogen (secondary N) is 1. The van der Waals surface area contributed by atoms with Crippen molar-refractivity contribution in [2.24, 2.45) is 24.8 Å². The van der Waals surface area contributed by atoms with Gasteiger partial charge in [-0.15, -0.1) is 0 Å². The number of nitrogens with zero attached hydrogens (tertiary/aromatic N) is 2. The van der Waals surface area contributed by atoms with Crippen molar-refractivity contribution in [1.82, 2.24) is 9.78 Å². The van der Waals surface area contributed by atoms with Crippen LogP contribution in [0.25, 0.3) is 0 Å². The normalized spacial score (nSPS) is 25.6. The predicted octanol–water partition coefficient (Wildman–Crippen LogP) is 1.91. The van der Waals surface area contributed by atoms with Crippen molar-refractivity contribution in [1.29, 1.82) is 0 Å². The van der Waals surface area contributed by atoms with Gasteiger partial charge < -0.3 is 10.1 Å². The largest absolute Gasteiger partial charge is 0.455 e. The zero-order valence-corrected chi connectivity index (χ0v) is 15.0. The fourth-order valence-corrected chi connectivity index (χ4v) is 4.06. The Kier molecular flexibility index (Phi) is 4.92. The lowest BCUT2D eigenvalue weighted by atomic mass is 9.67. The van der Waals surface area contributed by atoms with Crippen LogP contribution >= 0.6 is 0 Å². The van der Waals surface area contributed by atoms with E-state index in [-0.39, 0.29) is 36.2 Å². The third-order valence-corrected chi connectivity index (χ3v) is 5.50. The van der Waals surface area contributed by atoms with Crippen LogP contribution in [0.5, 0.6) is 0 Å². The number of Topliss-reactive ketones (excluding diaryl/α,β-unsaturated/α-hetero) is 1. The van der Waals surface area contributed by atoms with E-state index in [1.807, 2.05) is 13.8 Å². The van der Waals surface area contributed by atoms with E-state index in [0.717, 1.165) is 30.7 Å². The quantitative estimate of drug-likeness (QED) is 0.840. The summed E-state index contributed by atoms with van der Waals surface area (Å²) < 4.78 is 6.90. The Labute approximate surface area is 147 Å². The highest BCUT2D eigenvalue weighted by Crippen LogP contribution is 2.40. The minimum atomic E-state index is -0.375. The van der Waals surface area contributed by atoms with E-state index in [4.69, 9.17) is 4.74 Å². The summed E-state index contributed by atoms with van der Waals surface area (Å²) in [6, 6.07) is 0. The van der Waals surface area contributed by atoms with E-state index in [0.29, 0.717) is 24.3 Å². The van der Waals surface area contributed by atoms with Crippen molar-refractivity contribution in [2.45, 2.75) is 46.0 Å². The summed E-state index contributed by atoms with van der Waals surface area (Å²) in [5.41, 5.74) is 2.22. The Morgan fingerprint density at radius 3 is 2.44 bits per heavy atom. The molecule has 2 bridgehead atoms. The maximum atomic E-state index is 12.3. The first-order chi connectivity index (χ1) is 11.9. The molecule has 3 rings (SSSR count). The molecule has 1 heterocycles. The van der Waals surface area contributed by atoms with Crippen molar-refractivity contribution < 1.29 is 19.1 Å². The van der Waals surface area contributed by atoms with Gasteiger partial charge in [0.05, 0.1) is 23.0 Å². The summed E-state index contributed by atoms with van der Waals surface area (Å²) in [5.74, 6) is -0.684. The molecule has 7 nitrogen and oxygen atoms in total. The number of fused-ring (bicyclic) bond motifs is 2. The van der Waals surface area contributed by atoms with Crippen LogP contribution in [0, 0.1) is 31.6 Å². The predicted molar refractivity (Wildman–Crippen MR) is 90.8 cm³/mol. The van der Waals surface area contributed by atoms with Crippen molar-refractivity contribution in [3.63, 3.8) is 0 Å². The average Bonchev–Trinajstić information content (AvgIpc) is 2.78. The molecule has 2 aliphatic carbocycles. The SMILES string of the molecule is Cc1nn(C)c(C)c1NC(=O)COC(=O)C1C[C@H]2CCC[C@@H](C1)C2=O. The molecule has 1 amide bonds. The number of anilines is 1. The molecule has 2 saturated carbocycles. The number of esters is 1. The lowest BCUT2D eigenvalue weighted by molar-refractivity contribution is -0.155. The molecule has 3 atom stereocenters. The number of rotatable bonds is 4. The van der Waals surface area contributed by atoms with Crippen LogP contribution in [0.1, 0.15) is 43.5 Å². The van der Waals surface area contributed by atoms with Gasteiger partial charge in [0.25, 0.3) is 5.91 Å². The van der Waals surface area contributed by atoms with Crippen molar-refractivity contribution in [3.05, 3.63) is 11.4 Å². The molecule has 1 N–H and O–H groups in total. The maximum absolute atomic E-state index is 12.3. The third kappa shape index (κ3) is 3.60. The zero-order valence-electron chi connectivity index (χ0n) is 15.0. The summed E-state index contributed by atoms with van der Waals surface area (Å²) in [6.07, 6.45) is 3.95. The minimum absolute atomic E-state index is 0.000399. The van der Waals surface area contributed by atoms with E-state index < -0.39 is 0 Å². The van der Waals surface area contributed by atoms with E-state index in [1.54, 1.807) is 11.7 Å². The zero-order chi connectivity index (χ0) is 18.1. The molecule has 136 valence electrons. The van der Waals surface area contributed by atoms with Gasteiger partial charge >= 0.3 is 5.97 Å². The minimum Gasteiger partial charge on any atom is -0.455 e. The standard InChI is InChI=1S/C18H25N3O4/c1-10-16(11(2)21(3)20-10)19-15(22)9-25-18(24)14-7-12-5-4-6-13(8-14)17(12)23/h12-14H,4-9H2,1-3H3,(H,19,22)/t12-,13+,14?. The number of ketones is 1. The molecule has 0 aromatic carbocycles. The molecule has 7 heteroatoms. The van der Waals surface area contributed by atoms with Crippen LogP contribution in [0.2, 0.25) is 0 Å². The molecule has 2 aliphatic rings. The number of carbonyl (C=O) groups is 3. The van der Waals surface area contributed by atoms with Gasteiger partial charge in [-0.25, -0.2) is 0 Å². The first-order valence-corrected chi connectivity index (χ1v) is 8.87. The average molecular weight is 347 g/mol. The van der Waals surface area contributed by atoms with Crippen LogP contribution in [-0.2, 0) is 26.2 Å². The number of ether oxygens (including phenoxy) is 1. The summed E-state index contributed by atoms with van der Waals surface area (Å²) in [7, 11) is 1.80. The number of hydrogen-bond acceptors (Lipinski definition) is 5. The molecule has 0 saturated heterocycles. The lowest BCUT2D eigenvalue weighted by Crippen LogP contribution is -2.40. The van der Waals surface area contributed by atoms with Crippen molar-refractivity contribution in [2.75, 3.05) is 11.9 Å². The van der Waals surface area contributed by atoms with E-state index in [9.17, 15) is 14.4 Å². The van der Waals surface area contributed by atoms with Crippen LogP contribution in [0.15, 0.2) is 0 Å². The maximum Gasteiger partial charge on any atom is 0.309 e. The summed E-state index contributed by atoms with van der Waals surface area (Å²) in [4.78, 5) is 36.5. The second-order valence-electron chi connectivity index (χ2n) is 7.22. The van der Waals surface area contributed by atoms with Gasteiger partial charge in [0.15, 0.2) is 6.61 Å². The van der Waals surface area contributed by atoms with Gasteiger partial charge in [-0.2, -0.15) is 5.10 Å². The molecule has 1 aromatic rings. The van der Waals surface area contributed by atoms with Crippen LogP contribution < -0.4 is 5.32 Å². The number of hydrogen-bond donors (Lipinski definition) is 1. The second-order valence-corrected chi connectivity index (χ2v) is 7.22. The molecule has 0 radical (unpaired) electrons. The highest BCUT2D eigenvalue weighted by molar-refractivity contribution is 5.94. The first kappa shape index (κ1) is 17.6. The van der Waals surface area contributed by atoms with Crippen LogP contribution in [0.3, 0.4) is 0 Å². The fraction of sp³-hybridized carbons (Fsp3) is 0.667. The molecule has 2 fully saturated rings. The fourth-order valence-electron chi connectivity index (χ4n) is 4.06. The van der Waals surface area contributed by atoms with Gasteiger partial charge in [0.1, 0.15) is 5.78 Å². The number of carbonyl (C=O) groups excluding carboxylic acids is 3.